The van der Waals surface area contributed by atoms with Gasteiger partial charge in [0.05, 0.1) is 84.8 Å². The highest BCUT2D eigenvalue weighted by Gasteiger charge is 2.06. The summed E-state index contributed by atoms with van der Waals surface area (Å²) in [6.07, 6.45) is 2.26. The molecule has 1 aromatic rings. The summed E-state index contributed by atoms with van der Waals surface area (Å²) < 4.78 is 38.6. The van der Waals surface area contributed by atoms with Gasteiger partial charge in [-0.3, -0.25) is 0 Å². The highest BCUT2D eigenvalue weighted by Crippen LogP contribution is 2.10. The molecular weight excluding hydrogens is 569 g/mol. The third-order valence-electron chi connectivity index (χ3n) is 4.52. The number of unbranched alkanes of at least 4 members (excludes halogenated alkanes) is 1. The van der Waals surface area contributed by atoms with Gasteiger partial charge >= 0.3 is 5.97 Å². The van der Waals surface area contributed by atoms with Crippen LogP contribution in [0.1, 0.15) is 30.1 Å². The molecule has 0 spiro atoms. The van der Waals surface area contributed by atoms with Crippen LogP contribution in [0.2, 0.25) is 0 Å². The predicted molar refractivity (Wildman–Crippen MR) is 144 cm³/mol. The Morgan fingerprint density at radius 1 is 0.686 bits per heavy atom. The van der Waals surface area contributed by atoms with E-state index < -0.39 is 0 Å². The number of anilines is 1. The Kier molecular flexibility index (Phi) is 22.6. The number of hydrogen-bond acceptors (Lipinski definition) is 9. The van der Waals surface area contributed by atoms with Gasteiger partial charge in [0.15, 0.2) is 0 Å². The lowest BCUT2D eigenvalue weighted by Gasteiger charge is -2.09. The molecule has 9 nitrogen and oxygen atoms in total. The molecule has 0 atom stereocenters. The molecule has 0 aromatic heterocycles. The fourth-order valence-electron chi connectivity index (χ4n) is 2.67. The second kappa shape index (κ2) is 24.7. The number of nitrogens with one attached hydrogen (secondary N) is 1. The molecule has 0 heterocycles. The van der Waals surface area contributed by atoms with Crippen molar-refractivity contribution in [2.75, 3.05) is 102 Å². The van der Waals surface area contributed by atoms with Crippen molar-refractivity contribution >= 4 is 34.2 Å². The number of ether oxygens (including phenoxy) is 7. The number of carbonyl (C=O) groups excluding carboxylic acids is 1. The van der Waals surface area contributed by atoms with Crippen LogP contribution in [-0.4, -0.2) is 103 Å². The van der Waals surface area contributed by atoms with Crippen molar-refractivity contribution in [2.24, 2.45) is 0 Å². The number of esters is 1. The van der Waals surface area contributed by atoms with Gasteiger partial charge in [-0.1, -0.05) is 35.9 Å². The summed E-state index contributed by atoms with van der Waals surface area (Å²) in [5.41, 5.74) is 1.53. The normalized spacial score (nSPS) is 11.0. The first kappa shape index (κ1) is 32.0. The molecule has 0 amide bonds. The first-order chi connectivity index (χ1) is 17.3. The smallest absolute Gasteiger partial charge is 0.338 e. The third-order valence-corrected chi connectivity index (χ3v) is 4.96. The molecule has 0 fully saturated rings. The summed E-state index contributed by atoms with van der Waals surface area (Å²) in [6.45, 7) is 9.60. The van der Waals surface area contributed by atoms with Crippen LogP contribution in [0.3, 0.4) is 0 Å². The summed E-state index contributed by atoms with van der Waals surface area (Å²) in [4.78, 5) is 12.1. The molecule has 0 aliphatic heterocycles. The first-order valence-corrected chi connectivity index (χ1v) is 13.8. The van der Waals surface area contributed by atoms with Crippen LogP contribution in [0.5, 0.6) is 0 Å². The first-order valence-electron chi connectivity index (χ1n) is 12.3. The van der Waals surface area contributed by atoms with Crippen LogP contribution in [0.4, 0.5) is 5.69 Å². The van der Waals surface area contributed by atoms with Crippen molar-refractivity contribution in [2.45, 2.75) is 19.8 Å². The zero-order chi connectivity index (χ0) is 25.2. The van der Waals surface area contributed by atoms with E-state index in [0.29, 0.717) is 78.2 Å². The molecule has 1 N–H and O–H groups in total. The Bertz CT molecular complexity index is 606. The standard InChI is InChI=1S/C25H42INO8/c1-2-3-9-27-24-6-4-23(5-7-24)25(28)35-22-21-34-20-19-33-18-17-32-16-15-31-14-13-30-12-11-29-10-8-26/h4-7,27H,2-3,8-22H2,1H3. The average molecular weight is 612 g/mol. The van der Waals surface area contributed by atoms with E-state index in [4.69, 9.17) is 33.2 Å². The van der Waals surface area contributed by atoms with E-state index in [-0.39, 0.29) is 12.6 Å². The molecule has 202 valence electrons. The van der Waals surface area contributed by atoms with Crippen LogP contribution < -0.4 is 5.32 Å². The quantitative estimate of drug-likeness (QED) is 0.0771. The van der Waals surface area contributed by atoms with E-state index >= 15 is 0 Å². The Balaban J connectivity index is 1.82. The lowest BCUT2D eigenvalue weighted by atomic mass is 10.2. The van der Waals surface area contributed by atoms with Gasteiger partial charge in [-0.2, -0.15) is 0 Å². The minimum Gasteiger partial charge on any atom is -0.460 e. The lowest BCUT2D eigenvalue weighted by Crippen LogP contribution is -2.15. The highest BCUT2D eigenvalue weighted by atomic mass is 127. The van der Waals surface area contributed by atoms with Crippen molar-refractivity contribution < 1.29 is 38.0 Å². The molecule has 35 heavy (non-hydrogen) atoms. The molecule has 0 aliphatic carbocycles. The molecule has 0 unspecified atom stereocenters. The number of halogens is 1. The number of carbonyl (C=O) groups is 1. The third kappa shape index (κ3) is 19.8. The number of alkyl halides is 1. The molecule has 0 saturated heterocycles. The summed E-state index contributed by atoms with van der Waals surface area (Å²) in [5, 5.41) is 3.31. The number of rotatable bonds is 25. The fourth-order valence-corrected chi connectivity index (χ4v) is 2.98. The molecule has 0 saturated carbocycles. The highest BCUT2D eigenvalue weighted by molar-refractivity contribution is 14.1. The predicted octanol–water partition coefficient (Wildman–Crippen LogP) is 3.59. The SMILES string of the molecule is CCCCNc1ccc(C(=O)OCCOCCOCCOCCOCCOCCOCCI)cc1. The molecule has 1 aromatic carbocycles. The Labute approximate surface area is 223 Å². The number of benzene rings is 1. The summed E-state index contributed by atoms with van der Waals surface area (Å²) in [7, 11) is 0. The monoisotopic (exact) mass is 611 g/mol. The lowest BCUT2D eigenvalue weighted by molar-refractivity contribution is -0.0188. The van der Waals surface area contributed by atoms with Gasteiger partial charge in [0.2, 0.25) is 0 Å². The van der Waals surface area contributed by atoms with Crippen LogP contribution in [0.15, 0.2) is 24.3 Å². The van der Waals surface area contributed by atoms with Gasteiger partial charge in [0.25, 0.3) is 0 Å². The van der Waals surface area contributed by atoms with Gasteiger partial charge in [0.1, 0.15) is 6.61 Å². The molecule has 0 aliphatic rings. The molecule has 10 heteroatoms. The number of hydrogen-bond donors (Lipinski definition) is 1. The van der Waals surface area contributed by atoms with Crippen LogP contribution in [0.25, 0.3) is 0 Å². The van der Waals surface area contributed by atoms with Gasteiger partial charge in [-0.25, -0.2) is 4.79 Å². The summed E-state index contributed by atoms with van der Waals surface area (Å²) in [6, 6.07) is 7.30. The zero-order valence-electron chi connectivity index (χ0n) is 21.0. The van der Waals surface area contributed by atoms with E-state index in [1.807, 2.05) is 12.1 Å². The van der Waals surface area contributed by atoms with E-state index in [1.165, 1.54) is 0 Å². The Hall–Kier alpha value is -1.02. The molecule has 0 bridgehead atoms. The van der Waals surface area contributed by atoms with Crippen molar-refractivity contribution in [3.8, 4) is 0 Å². The van der Waals surface area contributed by atoms with Gasteiger partial charge < -0.3 is 38.5 Å². The van der Waals surface area contributed by atoms with Crippen LogP contribution >= 0.6 is 22.6 Å². The Morgan fingerprint density at radius 2 is 1.11 bits per heavy atom. The van der Waals surface area contributed by atoms with Gasteiger partial charge in [-0.05, 0) is 30.7 Å². The van der Waals surface area contributed by atoms with Crippen LogP contribution in [0, 0.1) is 0 Å². The van der Waals surface area contributed by atoms with E-state index in [9.17, 15) is 4.79 Å². The fraction of sp³-hybridized carbons (Fsp3) is 0.720. The minimum atomic E-state index is -0.352. The van der Waals surface area contributed by atoms with Crippen LogP contribution in [-0.2, 0) is 33.2 Å². The van der Waals surface area contributed by atoms with Crippen molar-refractivity contribution in [1.29, 1.82) is 0 Å². The maximum Gasteiger partial charge on any atom is 0.338 e. The summed E-state index contributed by atoms with van der Waals surface area (Å²) in [5.74, 6) is -0.352. The largest absolute Gasteiger partial charge is 0.460 e. The minimum absolute atomic E-state index is 0.204. The Morgan fingerprint density at radius 3 is 1.54 bits per heavy atom. The van der Waals surface area contributed by atoms with Crippen molar-refractivity contribution in [3.05, 3.63) is 29.8 Å². The second-order valence-corrected chi connectivity index (χ2v) is 8.44. The molecule has 0 radical (unpaired) electrons. The zero-order valence-corrected chi connectivity index (χ0v) is 23.1. The van der Waals surface area contributed by atoms with Gasteiger partial charge in [0, 0.05) is 16.7 Å². The van der Waals surface area contributed by atoms with Crippen molar-refractivity contribution in [3.63, 3.8) is 0 Å². The van der Waals surface area contributed by atoms with E-state index in [2.05, 4.69) is 34.8 Å². The van der Waals surface area contributed by atoms with E-state index in [0.717, 1.165) is 36.1 Å². The average Bonchev–Trinajstić information content (AvgIpc) is 2.88. The summed E-state index contributed by atoms with van der Waals surface area (Å²) >= 11 is 2.27. The maximum atomic E-state index is 12.1. The topological polar surface area (TPSA) is 93.7 Å². The molecular formula is C25H42INO8. The molecule has 1 rings (SSSR count). The van der Waals surface area contributed by atoms with E-state index in [1.54, 1.807) is 12.1 Å². The van der Waals surface area contributed by atoms with Gasteiger partial charge in [-0.15, -0.1) is 0 Å². The maximum absolute atomic E-state index is 12.1. The second-order valence-electron chi connectivity index (χ2n) is 7.36. The van der Waals surface area contributed by atoms with Crippen molar-refractivity contribution in [1.82, 2.24) is 0 Å².